The summed E-state index contributed by atoms with van der Waals surface area (Å²) < 4.78 is 11.2. The van der Waals surface area contributed by atoms with Gasteiger partial charge in [0.05, 0.1) is 0 Å². The van der Waals surface area contributed by atoms with E-state index in [-0.39, 0.29) is 24.8 Å². The summed E-state index contributed by atoms with van der Waals surface area (Å²) in [6.45, 7) is 0.590. The van der Waals surface area contributed by atoms with Gasteiger partial charge in [-0.15, -0.1) is 0 Å². The first-order chi connectivity index (χ1) is 14.6. The van der Waals surface area contributed by atoms with E-state index in [1.165, 1.54) is 10.9 Å². The number of para-hydroxylation sites is 1. The van der Waals surface area contributed by atoms with Crippen LogP contribution < -0.4 is 28.2 Å². The van der Waals surface area contributed by atoms with E-state index in [0.29, 0.717) is 13.0 Å². The van der Waals surface area contributed by atoms with Crippen LogP contribution in [0.5, 0.6) is 11.5 Å². The third-order valence-electron chi connectivity index (χ3n) is 5.65. The summed E-state index contributed by atoms with van der Waals surface area (Å²) in [7, 11) is 0. The molecule has 8 heteroatoms. The first-order valence-corrected chi connectivity index (χ1v) is 11.6. The number of benzene rings is 2. The number of nitrogens with one attached hydrogen (secondary N) is 1. The molecular weight excluding hydrogens is 499 g/mol. The molecule has 7 nitrogen and oxygen atoms in total. The average Bonchev–Trinajstić information content (AvgIpc) is 3.36. The van der Waals surface area contributed by atoms with Crippen molar-refractivity contribution in [3.8, 4) is 11.5 Å². The number of rotatable bonds is 5. The van der Waals surface area contributed by atoms with Gasteiger partial charge in [0, 0.05) is 0 Å². The molecule has 0 saturated carbocycles. The summed E-state index contributed by atoms with van der Waals surface area (Å²) >= 11 is -0.772. The van der Waals surface area contributed by atoms with Gasteiger partial charge in [-0.05, 0) is 0 Å². The minimum atomic E-state index is -0.880. The molecule has 2 N–H and O–H groups in total. The van der Waals surface area contributed by atoms with Gasteiger partial charge in [0.2, 0.25) is 0 Å². The maximum atomic E-state index is 13.1. The third-order valence-corrected chi connectivity index (χ3v) is 6.96. The Bertz CT molecular complexity index is 1140. The van der Waals surface area contributed by atoms with E-state index in [2.05, 4.69) is 11.1 Å². The van der Waals surface area contributed by atoms with Gasteiger partial charge in [0.1, 0.15) is 0 Å². The molecule has 2 aliphatic heterocycles. The fraction of sp³-hybridized carbons (Fsp3) is 0.273. The number of carboxylic acid groups (broad SMARTS) is 1. The SMILES string of the molecule is O=C(O)CCCC(=O)N1CCc2c([nH]c3ccccc23)C1c1ccc2c(c1)O[I-]O2. The van der Waals surface area contributed by atoms with Crippen LogP contribution in [0.1, 0.15) is 42.1 Å². The molecule has 3 aromatic rings. The molecule has 2 aliphatic rings. The van der Waals surface area contributed by atoms with Crippen LogP contribution >= 0.6 is 0 Å². The molecule has 3 heterocycles. The molecule has 1 unspecified atom stereocenters. The van der Waals surface area contributed by atoms with E-state index in [1.54, 1.807) is 0 Å². The van der Waals surface area contributed by atoms with Crippen molar-refractivity contribution in [2.45, 2.75) is 31.7 Å². The van der Waals surface area contributed by atoms with Crippen molar-refractivity contribution in [3.05, 3.63) is 59.3 Å². The first kappa shape index (κ1) is 19.2. The molecule has 0 fully saturated rings. The summed E-state index contributed by atoms with van der Waals surface area (Å²) in [5, 5.41) is 10.1. The molecule has 1 amide bonds. The van der Waals surface area contributed by atoms with Gasteiger partial charge >= 0.3 is 185 Å². The Labute approximate surface area is 184 Å². The van der Waals surface area contributed by atoms with Gasteiger partial charge in [-0.3, -0.25) is 0 Å². The summed E-state index contributed by atoms with van der Waals surface area (Å²) in [6.07, 6.45) is 1.31. The number of halogens is 1. The standard InChI is InChI=1S/C22H20IN2O5/c26-19(6-3-7-20(27)28)25-11-10-15-14-4-1-2-5-16(14)24-21(15)22(25)13-8-9-17-18(12-13)30-23-29-17/h1-2,4-5,8-9,12,22,24H,3,6-7,10-11H2,(H,27,28)/q-1. The van der Waals surface area contributed by atoms with Crippen LogP contribution in [0.15, 0.2) is 42.5 Å². The summed E-state index contributed by atoms with van der Waals surface area (Å²) in [5.74, 6) is 0.561. The van der Waals surface area contributed by atoms with Gasteiger partial charge < -0.3 is 0 Å². The molecule has 1 atom stereocenters. The molecule has 0 saturated heterocycles. The number of fused-ring (bicyclic) bond motifs is 4. The zero-order valence-electron chi connectivity index (χ0n) is 16.1. The number of carboxylic acids is 1. The van der Waals surface area contributed by atoms with E-state index in [0.717, 1.165) is 34.7 Å². The second-order valence-electron chi connectivity index (χ2n) is 7.47. The number of H-pyrrole nitrogens is 1. The zero-order valence-corrected chi connectivity index (χ0v) is 18.2. The molecule has 2 aromatic carbocycles. The molecule has 1 aromatic heterocycles. The van der Waals surface area contributed by atoms with Gasteiger partial charge in [0.25, 0.3) is 0 Å². The Morgan fingerprint density at radius 2 is 1.97 bits per heavy atom. The van der Waals surface area contributed by atoms with Gasteiger partial charge in [-0.1, -0.05) is 0 Å². The molecule has 0 spiro atoms. The second-order valence-corrected chi connectivity index (χ2v) is 8.71. The minimum absolute atomic E-state index is 0.00439. The number of nitrogens with zero attached hydrogens (tertiary/aromatic N) is 1. The molecular formula is C22H20IN2O5-. The Kier molecular flexibility index (Phi) is 5.01. The fourth-order valence-corrected chi connectivity index (χ4v) is 5.48. The quantitative estimate of drug-likeness (QED) is 0.482. The van der Waals surface area contributed by atoms with Crippen LogP contribution in [-0.4, -0.2) is 33.4 Å². The van der Waals surface area contributed by atoms with E-state index in [4.69, 9.17) is 11.2 Å². The first-order valence-electron chi connectivity index (χ1n) is 9.85. The van der Waals surface area contributed by atoms with Crippen LogP contribution in [0.2, 0.25) is 0 Å². The number of carbonyl (C=O) groups is 2. The number of hydrogen-bond donors (Lipinski definition) is 2. The summed E-state index contributed by atoms with van der Waals surface area (Å²) in [4.78, 5) is 29.4. The number of hydrogen-bond acceptors (Lipinski definition) is 4. The van der Waals surface area contributed by atoms with Crippen LogP contribution in [0.4, 0.5) is 0 Å². The Morgan fingerprint density at radius 1 is 1.13 bits per heavy atom. The zero-order chi connectivity index (χ0) is 20.7. The predicted molar refractivity (Wildman–Crippen MR) is 105 cm³/mol. The Morgan fingerprint density at radius 3 is 2.83 bits per heavy atom. The monoisotopic (exact) mass is 519 g/mol. The normalized spacial score (nSPS) is 17.5. The van der Waals surface area contributed by atoms with E-state index in [1.807, 2.05) is 41.3 Å². The predicted octanol–water partition coefficient (Wildman–Crippen LogP) is 0.587. The van der Waals surface area contributed by atoms with Gasteiger partial charge in [-0.2, -0.15) is 0 Å². The number of carbonyl (C=O) groups excluding carboxylic acids is 1. The van der Waals surface area contributed by atoms with Crippen molar-refractivity contribution in [2.75, 3.05) is 6.54 Å². The van der Waals surface area contributed by atoms with Crippen molar-refractivity contribution in [2.24, 2.45) is 0 Å². The molecule has 156 valence electrons. The Balaban J connectivity index is 1.55. The van der Waals surface area contributed by atoms with Crippen LogP contribution in [0.3, 0.4) is 0 Å². The van der Waals surface area contributed by atoms with Crippen LogP contribution in [-0.2, 0) is 16.0 Å². The number of aliphatic carboxylic acids is 1. The molecule has 30 heavy (non-hydrogen) atoms. The molecule has 0 bridgehead atoms. The van der Waals surface area contributed by atoms with E-state index >= 15 is 0 Å². The van der Waals surface area contributed by atoms with E-state index < -0.39 is 28.0 Å². The van der Waals surface area contributed by atoms with Crippen molar-refractivity contribution in [1.82, 2.24) is 9.88 Å². The summed E-state index contributed by atoms with van der Waals surface area (Å²) in [5.41, 5.74) is 4.26. The number of aromatic nitrogens is 1. The Hall–Kier alpha value is -2.75. The van der Waals surface area contributed by atoms with Crippen LogP contribution in [0, 0.1) is 0 Å². The van der Waals surface area contributed by atoms with Crippen LogP contribution in [0.25, 0.3) is 10.9 Å². The fourth-order valence-electron chi connectivity index (χ4n) is 4.29. The van der Waals surface area contributed by atoms with Crippen molar-refractivity contribution in [1.29, 1.82) is 0 Å². The second kappa shape index (κ2) is 7.82. The van der Waals surface area contributed by atoms with Gasteiger partial charge in [0.15, 0.2) is 0 Å². The number of aromatic amines is 1. The third kappa shape index (κ3) is 3.38. The van der Waals surface area contributed by atoms with E-state index in [9.17, 15) is 9.59 Å². The summed E-state index contributed by atoms with van der Waals surface area (Å²) in [6, 6.07) is 13.8. The topological polar surface area (TPSA) is 91.9 Å². The average molecular weight is 519 g/mol. The number of amides is 1. The molecule has 0 radical (unpaired) electrons. The van der Waals surface area contributed by atoms with Crippen molar-refractivity contribution in [3.63, 3.8) is 0 Å². The molecule has 0 aliphatic carbocycles. The van der Waals surface area contributed by atoms with Crippen molar-refractivity contribution < 1.29 is 42.9 Å². The maximum absolute atomic E-state index is 13.1. The molecule has 5 rings (SSSR count). The van der Waals surface area contributed by atoms with Gasteiger partial charge in [-0.25, -0.2) is 0 Å². The van der Waals surface area contributed by atoms with Crippen molar-refractivity contribution >= 4 is 22.8 Å².